The van der Waals surface area contributed by atoms with Crippen molar-refractivity contribution in [2.75, 3.05) is 31.2 Å². The summed E-state index contributed by atoms with van der Waals surface area (Å²) >= 11 is 0. The predicted octanol–water partition coefficient (Wildman–Crippen LogP) is 0.468. The number of nitrogens with zero attached hydrogens (tertiary/aromatic N) is 5. The molecule has 2 fully saturated rings. The van der Waals surface area contributed by atoms with Gasteiger partial charge in [0.15, 0.2) is 11.6 Å². The fraction of sp³-hybridized carbons (Fsp3) is 0.583. The van der Waals surface area contributed by atoms with E-state index in [-0.39, 0.29) is 5.79 Å². The van der Waals surface area contributed by atoms with Crippen molar-refractivity contribution in [2.45, 2.75) is 18.6 Å². The van der Waals surface area contributed by atoms with E-state index in [0.717, 1.165) is 37.4 Å². The second-order valence-electron chi connectivity index (χ2n) is 4.91. The van der Waals surface area contributed by atoms with Gasteiger partial charge in [-0.3, -0.25) is 4.40 Å². The third-order valence-electron chi connectivity index (χ3n) is 3.84. The number of fused-ring (bicyclic) bond motifs is 1. The molecule has 0 atom stereocenters. The highest BCUT2D eigenvalue weighted by Crippen LogP contribution is 2.33. The smallest absolute Gasteiger partial charge is 0.203 e. The summed E-state index contributed by atoms with van der Waals surface area (Å²) in [5, 5.41) is 8.05. The summed E-state index contributed by atoms with van der Waals surface area (Å²) in [6, 6.07) is 0. The monoisotopic (exact) mass is 261 g/mol. The molecule has 4 heterocycles. The van der Waals surface area contributed by atoms with Gasteiger partial charge in [-0.05, 0) is 0 Å². The van der Waals surface area contributed by atoms with E-state index in [9.17, 15) is 0 Å². The van der Waals surface area contributed by atoms with Gasteiger partial charge in [-0.2, -0.15) is 0 Å². The van der Waals surface area contributed by atoms with Crippen LogP contribution in [0.2, 0.25) is 0 Å². The second kappa shape index (κ2) is 4.14. The molecule has 0 radical (unpaired) electrons. The first-order valence-corrected chi connectivity index (χ1v) is 6.54. The molecule has 2 saturated heterocycles. The second-order valence-corrected chi connectivity index (χ2v) is 4.91. The number of hydrogen-bond donors (Lipinski definition) is 0. The Balaban J connectivity index is 1.59. The van der Waals surface area contributed by atoms with E-state index in [1.165, 1.54) is 0 Å². The number of aromatic nitrogens is 4. The van der Waals surface area contributed by atoms with E-state index < -0.39 is 0 Å². The minimum Gasteiger partial charge on any atom is -0.353 e. The van der Waals surface area contributed by atoms with E-state index in [1.807, 2.05) is 10.6 Å². The third-order valence-corrected chi connectivity index (χ3v) is 3.84. The molecule has 0 bridgehead atoms. The average Bonchev–Trinajstić information content (AvgIpc) is 3.09. The highest BCUT2D eigenvalue weighted by atomic mass is 16.7. The topological polar surface area (TPSA) is 64.8 Å². The molecule has 1 spiro atoms. The first-order chi connectivity index (χ1) is 9.36. The molecule has 0 N–H and O–H groups in total. The van der Waals surface area contributed by atoms with Gasteiger partial charge in [-0.15, -0.1) is 10.2 Å². The van der Waals surface area contributed by atoms with Gasteiger partial charge in [0, 0.05) is 38.3 Å². The van der Waals surface area contributed by atoms with E-state index >= 15 is 0 Å². The summed E-state index contributed by atoms with van der Waals surface area (Å²) in [5.41, 5.74) is 0.798. The van der Waals surface area contributed by atoms with Crippen molar-refractivity contribution in [3.8, 4) is 0 Å². The van der Waals surface area contributed by atoms with Crippen LogP contribution in [0.5, 0.6) is 0 Å². The van der Waals surface area contributed by atoms with Gasteiger partial charge in [0.05, 0.1) is 13.2 Å². The number of rotatable bonds is 1. The summed E-state index contributed by atoms with van der Waals surface area (Å²) in [4.78, 5) is 6.66. The molecule has 2 aromatic rings. The molecule has 2 aliphatic rings. The van der Waals surface area contributed by atoms with Gasteiger partial charge in [0.2, 0.25) is 5.65 Å². The summed E-state index contributed by atoms with van der Waals surface area (Å²) in [6.45, 7) is 3.13. The van der Waals surface area contributed by atoms with Crippen LogP contribution in [-0.2, 0) is 9.47 Å². The van der Waals surface area contributed by atoms with Crippen LogP contribution < -0.4 is 4.90 Å². The molecule has 0 aromatic carbocycles. The Morgan fingerprint density at radius 2 is 1.95 bits per heavy atom. The summed E-state index contributed by atoms with van der Waals surface area (Å²) in [6.07, 6.45) is 7.05. The molecule has 4 rings (SSSR count). The van der Waals surface area contributed by atoms with Crippen molar-refractivity contribution in [1.82, 2.24) is 19.6 Å². The van der Waals surface area contributed by atoms with E-state index in [2.05, 4.69) is 20.1 Å². The van der Waals surface area contributed by atoms with Crippen LogP contribution >= 0.6 is 0 Å². The summed E-state index contributed by atoms with van der Waals surface area (Å²) in [7, 11) is 0. The first kappa shape index (κ1) is 11.1. The first-order valence-electron chi connectivity index (χ1n) is 6.54. The van der Waals surface area contributed by atoms with Gasteiger partial charge in [0.1, 0.15) is 6.33 Å². The summed E-state index contributed by atoms with van der Waals surface area (Å²) < 4.78 is 13.4. The standard InChI is InChI=1S/C12H15N5O2/c1-4-16(5-2-12(1)18-7-8-19-12)10-11-15-14-9-17(11)6-3-13-10/h3,6,9H,1-2,4-5,7-8H2. The number of ether oxygens (including phenoxy) is 2. The van der Waals surface area contributed by atoms with Gasteiger partial charge in [-0.25, -0.2) is 4.98 Å². The van der Waals surface area contributed by atoms with E-state index in [4.69, 9.17) is 9.47 Å². The molecular formula is C12H15N5O2. The molecular weight excluding hydrogens is 246 g/mol. The SMILES string of the molecule is c1cn2cnnc2c(N2CCC3(CC2)OCCO3)n1. The Kier molecular flexibility index (Phi) is 2.42. The van der Waals surface area contributed by atoms with Crippen LogP contribution in [0.3, 0.4) is 0 Å². The molecule has 0 aliphatic carbocycles. The molecule has 2 aromatic heterocycles. The minimum absolute atomic E-state index is 0.352. The molecule has 0 unspecified atom stereocenters. The van der Waals surface area contributed by atoms with Crippen molar-refractivity contribution >= 4 is 11.5 Å². The number of hydrogen-bond acceptors (Lipinski definition) is 6. The van der Waals surface area contributed by atoms with Gasteiger partial charge < -0.3 is 14.4 Å². The van der Waals surface area contributed by atoms with Crippen molar-refractivity contribution in [3.05, 3.63) is 18.7 Å². The van der Waals surface area contributed by atoms with Crippen molar-refractivity contribution < 1.29 is 9.47 Å². The highest BCUT2D eigenvalue weighted by molar-refractivity contribution is 5.63. The Bertz CT molecular complexity index is 583. The zero-order valence-electron chi connectivity index (χ0n) is 10.5. The number of anilines is 1. The lowest BCUT2D eigenvalue weighted by Gasteiger charge is -2.37. The fourth-order valence-corrected chi connectivity index (χ4v) is 2.81. The highest BCUT2D eigenvalue weighted by Gasteiger charge is 2.40. The predicted molar refractivity (Wildman–Crippen MR) is 66.9 cm³/mol. The molecule has 2 aliphatic heterocycles. The van der Waals surface area contributed by atoms with Gasteiger partial charge in [-0.1, -0.05) is 0 Å². The van der Waals surface area contributed by atoms with Gasteiger partial charge >= 0.3 is 0 Å². The Morgan fingerprint density at radius 1 is 1.16 bits per heavy atom. The lowest BCUT2D eigenvalue weighted by Crippen LogP contribution is -2.45. The van der Waals surface area contributed by atoms with E-state index in [1.54, 1.807) is 12.5 Å². The largest absolute Gasteiger partial charge is 0.353 e. The van der Waals surface area contributed by atoms with Crippen LogP contribution in [0.15, 0.2) is 18.7 Å². The van der Waals surface area contributed by atoms with Crippen molar-refractivity contribution in [3.63, 3.8) is 0 Å². The zero-order valence-corrected chi connectivity index (χ0v) is 10.5. The fourth-order valence-electron chi connectivity index (χ4n) is 2.81. The maximum Gasteiger partial charge on any atom is 0.203 e. The quantitative estimate of drug-likeness (QED) is 0.743. The normalized spacial score (nSPS) is 22.4. The van der Waals surface area contributed by atoms with Crippen LogP contribution in [0.25, 0.3) is 5.65 Å². The lowest BCUT2D eigenvalue weighted by molar-refractivity contribution is -0.169. The Labute approximate surface area is 110 Å². The average molecular weight is 261 g/mol. The van der Waals surface area contributed by atoms with Crippen LogP contribution in [0.4, 0.5) is 5.82 Å². The van der Waals surface area contributed by atoms with Crippen LogP contribution in [0.1, 0.15) is 12.8 Å². The van der Waals surface area contributed by atoms with Crippen molar-refractivity contribution in [1.29, 1.82) is 0 Å². The van der Waals surface area contributed by atoms with E-state index in [0.29, 0.717) is 13.2 Å². The van der Waals surface area contributed by atoms with Crippen LogP contribution in [0, 0.1) is 0 Å². The molecule has 100 valence electrons. The molecule has 0 amide bonds. The minimum atomic E-state index is -0.352. The molecule has 19 heavy (non-hydrogen) atoms. The maximum atomic E-state index is 5.74. The number of piperidine rings is 1. The zero-order chi connectivity index (χ0) is 12.7. The lowest BCUT2D eigenvalue weighted by atomic mass is 10.0. The molecule has 7 nitrogen and oxygen atoms in total. The molecule has 7 heteroatoms. The maximum absolute atomic E-state index is 5.74. The Hall–Kier alpha value is -1.73. The van der Waals surface area contributed by atoms with Gasteiger partial charge in [0.25, 0.3) is 0 Å². The third kappa shape index (κ3) is 1.77. The Morgan fingerprint density at radius 3 is 2.74 bits per heavy atom. The van der Waals surface area contributed by atoms with Crippen molar-refractivity contribution in [2.24, 2.45) is 0 Å². The van der Waals surface area contributed by atoms with Crippen LogP contribution in [-0.4, -0.2) is 51.7 Å². The summed E-state index contributed by atoms with van der Waals surface area (Å²) in [5.74, 6) is 0.530. The molecule has 0 saturated carbocycles.